The van der Waals surface area contributed by atoms with Gasteiger partial charge in [0.05, 0.1) is 15.6 Å². The van der Waals surface area contributed by atoms with E-state index < -0.39 is 17.4 Å². The molecule has 1 saturated carbocycles. The summed E-state index contributed by atoms with van der Waals surface area (Å²) < 4.78 is 6.68. The summed E-state index contributed by atoms with van der Waals surface area (Å²) in [5.74, 6) is 0.911. The average Bonchev–Trinajstić information content (AvgIpc) is 3.79. The Morgan fingerprint density at radius 1 is 1.02 bits per heavy atom. The zero-order valence-electron chi connectivity index (χ0n) is 24.5. The van der Waals surface area contributed by atoms with Gasteiger partial charge in [0.25, 0.3) is 5.91 Å². The zero-order chi connectivity index (χ0) is 30.7. The summed E-state index contributed by atoms with van der Waals surface area (Å²) in [4.78, 5) is 42.9. The molecule has 226 valence electrons. The van der Waals surface area contributed by atoms with E-state index in [4.69, 9.17) is 21.9 Å². The van der Waals surface area contributed by atoms with Crippen molar-refractivity contribution < 1.29 is 19.1 Å². The van der Waals surface area contributed by atoms with Gasteiger partial charge in [-0.2, -0.15) is 0 Å². The van der Waals surface area contributed by atoms with Crippen LogP contribution >= 0.6 is 11.3 Å². The number of hydrogen-bond acceptors (Lipinski definition) is 8. The molecule has 3 atom stereocenters. The molecule has 9 nitrogen and oxygen atoms in total. The van der Waals surface area contributed by atoms with Crippen LogP contribution in [0.25, 0.3) is 10.1 Å². The van der Waals surface area contributed by atoms with Crippen molar-refractivity contribution in [3.63, 3.8) is 0 Å². The summed E-state index contributed by atoms with van der Waals surface area (Å²) in [7, 11) is 0. The van der Waals surface area contributed by atoms with Crippen molar-refractivity contribution in [2.75, 3.05) is 18.8 Å². The Bertz CT molecular complexity index is 1820. The van der Waals surface area contributed by atoms with Gasteiger partial charge < -0.3 is 32.2 Å². The van der Waals surface area contributed by atoms with E-state index >= 15 is 0 Å². The maximum Gasteiger partial charge on any atom is 0.262 e. The minimum absolute atomic E-state index is 0.134. The Morgan fingerprint density at radius 2 is 1.77 bits per heavy atom. The number of likely N-dealkylation sites (tertiary alicyclic amines) is 1. The molecule has 1 saturated heterocycles. The lowest BCUT2D eigenvalue weighted by Crippen LogP contribution is -2.53. The third-order valence-corrected chi connectivity index (χ3v) is 10.4. The number of nitrogen functional groups attached to an aromatic ring is 1. The van der Waals surface area contributed by atoms with Gasteiger partial charge in [-0.1, -0.05) is 30.3 Å². The van der Waals surface area contributed by atoms with Gasteiger partial charge >= 0.3 is 0 Å². The predicted molar refractivity (Wildman–Crippen MR) is 171 cm³/mol. The maximum absolute atomic E-state index is 14.2. The number of carbonyl (C=O) groups excluding carboxylic acids is 3. The smallest absolute Gasteiger partial charge is 0.262 e. The van der Waals surface area contributed by atoms with Crippen LogP contribution in [-0.2, 0) is 15.1 Å². The van der Waals surface area contributed by atoms with Crippen LogP contribution in [0, 0.1) is 12.8 Å². The number of ether oxygens (including phenoxy) is 1. The fourth-order valence-electron chi connectivity index (χ4n) is 6.73. The van der Waals surface area contributed by atoms with Crippen molar-refractivity contribution in [1.29, 1.82) is 0 Å². The van der Waals surface area contributed by atoms with Crippen molar-refractivity contribution in [3.05, 3.63) is 87.8 Å². The lowest BCUT2D eigenvalue weighted by molar-refractivity contribution is -0.133. The fraction of sp³-hybridized carbons (Fsp3) is 0.324. The van der Waals surface area contributed by atoms with Crippen LogP contribution in [0.5, 0.6) is 11.5 Å². The number of ketones is 1. The molecule has 44 heavy (non-hydrogen) atoms. The third kappa shape index (κ3) is 4.65. The molecule has 2 amide bonds. The predicted octanol–water partition coefficient (Wildman–Crippen LogP) is 4.50. The highest BCUT2D eigenvalue weighted by Crippen LogP contribution is 2.50. The first kappa shape index (κ1) is 28.5. The molecule has 7 N–H and O–H groups in total. The lowest BCUT2D eigenvalue weighted by atomic mass is 9.69. The number of aryl methyl sites for hydroxylation is 1. The Hall–Kier alpha value is -4.25. The molecule has 1 aromatic heterocycles. The normalized spacial score (nSPS) is 23.1. The number of hydrogen-bond donors (Lipinski definition) is 4. The summed E-state index contributed by atoms with van der Waals surface area (Å²) in [6, 6.07) is 17.1. The van der Waals surface area contributed by atoms with Crippen LogP contribution in [0.1, 0.15) is 63.7 Å². The number of carbonyl (C=O) groups is 3. The SMILES string of the molecule is Cc1cc(Oc2ccccc2)ccc1C1(N)C(=O)C(N)c2c(C(=O)NC3CCCN(C(=O)C4CC4)C3)sc3c(N)ccc1c23. The van der Waals surface area contributed by atoms with Gasteiger partial charge in [-0.15, -0.1) is 11.3 Å². The summed E-state index contributed by atoms with van der Waals surface area (Å²) in [5, 5.41) is 3.79. The second-order valence-electron chi connectivity index (χ2n) is 12.2. The van der Waals surface area contributed by atoms with E-state index in [-0.39, 0.29) is 23.8 Å². The van der Waals surface area contributed by atoms with Gasteiger partial charge in [0.15, 0.2) is 5.78 Å². The van der Waals surface area contributed by atoms with Crippen molar-refractivity contribution in [3.8, 4) is 11.5 Å². The van der Waals surface area contributed by atoms with Crippen LogP contribution in [0.4, 0.5) is 5.69 Å². The zero-order valence-corrected chi connectivity index (χ0v) is 25.3. The minimum atomic E-state index is -1.56. The molecule has 2 aliphatic carbocycles. The number of nitrogens with two attached hydrogens (primary N) is 3. The molecule has 7 rings (SSSR count). The molecule has 10 heteroatoms. The molecule has 0 radical (unpaired) electrons. The second-order valence-corrected chi connectivity index (χ2v) is 13.2. The number of anilines is 1. The molecular formula is C34H35N5O4S. The number of benzene rings is 3. The standard InChI is InChI=1S/C34H35N5O4S/c1-18-16-22(43-21-7-3-2-4-8-21)11-12-23(18)34(37)24-13-14-25(35)29-26(24)27(28(36)31(34)40)30(44-29)32(41)38-20-6-5-15-39(17-20)33(42)19-9-10-19/h2-4,7-8,11-14,16,19-20,28H,5-6,9-10,15,17,35-37H2,1H3,(H,38,41). The first-order valence-electron chi connectivity index (χ1n) is 15.0. The maximum atomic E-state index is 14.2. The van der Waals surface area contributed by atoms with E-state index in [9.17, 15) is 14.4 Å². The largest absolute Gasteiger partial charge is 0.457 e. The minimum Gasteiger partial charge on any atom is -0.457 e. The number of Topliss-reactive ketones (excluding diaryl/α,β-unsaturated/α-hetero) is 1. The summed E-state index contributed by atoms with van der Waals surface area (Å²) in [6.45, 7) is 3.08. The number of rotatable bonds is 6. The quantitative estimate of drug-likeness (QED) is 0.235. The van der Waals surface area contributed by atoms with Crippen LogP contribution in [0.2, 0.25) is 0 Å². The monoisotopic (exact) mass is 609 g/mol. The number of para-hydroxylation sites is 1. The first-order chi connectivity index (χ1) is 21.2. The Balaban J connectivity index is 1.24. The van der Waals surface area contributed by atoms with Crippen LogP contribution in [0.15, 0.2) is 60.7 Å². The molecule has 0 bridgehead atoms. The van der Waals surface area contributed by atoms with Crippen LogP contribution in [-0.4, -0.2) is 41.6 Å². The Kier molecular flexibility index (Phi) is 6.95. The highest BCUT2D eigenvalue weighted by Gasteiger charge is 2.49. The Morgan fingerprint density at radius 3 is 2.50 bits per heavy atom. The van der Waals surface area contributed by atoms with E-state index in [2.05, 4.69) is 5.32 Å². The molecule has 2 heterocycles. The van der Waals surface area contributed by atoms with Crippen molar-refractivity contribution >= 4 is 44.7 Å². The highest BCUT2D eigenvalue weighted by atomic mass is 32.1. The van der Waals surface area contributed by atoms with E-state index in [1.165, 1.54) is 11.3 Å². The molecule has 0 spiro atoms. The van der Waals surface area contributed by atoms with Crippen molar-refractivity contribution in [2.24, 2.45) is 17.4 Å². The topological polar surface area (TPSA) is 154 Å². The van der Waals surface area contributed by atoms with Gasteiger partial charge in [-0.05, 0) is 79.6 Å². The van der Waals surface area contributed by atoms with Crippen molar-refractivity contribution in [2.45, 2.75) is 50.2 Å². The van der Waals surface area contributed by atoms with E-state index in [0.717, 1.165) is 31.2 Å². The van der Waals surface area contributed by atoms with Gasteiger partial charge in [0, 0.05) is 41.7 Å². The number of thiophene rings is 1. The fourth-order valence-corrected chi connectivity index (χ4v) is 7.93. The van der Waals surface area contributed by atoms with Gasteiger partial charge in [-0.25, -0.2) is 0 Å². The lowest BCUT2D eigenvalue weighted by Gasteiger charge is -2.37. The molecular weight excluding hydrogens is 574 g/mol. The summed E-state index contributed by atoms with van der Waals surface area (Å²) in [6.07, 6.45) is 3.48. The second kappa shape index (κ2) is 10.7. The number of nitrogens with zero attached hydrogens (tertiary/aromatic N) is 1. The van der Waals surface area contributed by atoms with E-state index in [1.54, 1.807) is 18.2 Å². The Labute approximate surface area is 259 Å². The molecule has 1 aliphatic heterocycles. The average molecular weight is 610 g/mol. The molecule has 4 aromatic rings. The third-order valence-electron chi connectivity index (χ3n) is 9.12. The van der Waals surface area contributed by atoms with Gasteiger partial charge in [0.1, 0.15) is 17.0 Å². The summed E-state index contributed by atoms with van der Waals surface area (Å²) in [5.41, 5.74) is 21.6. The molecule has 3 unspecified atom stereocenters. The summed E-state index contributed by atoms with van der Waals surface area (Å²) >= 11 is 1.23. The van der Waals surface area contributed by atoms with Crippen LogP contribution < -0.4 is 27.3 Å². The first-order valence-corrected chi connectivity index (χ1v) is 15.9. The van der Waals surface area contributed by atoms with Gasteiger partial charge in [0.2, 0.25) is 5.91 Å². The molecule has 2 fully saturated rings. The number of amides is 2. The number of piperidine rings is 1. The van der Waals surface area contributed by atoms with E-state index in [0.29, 0.717) is 61.9 Å². The highest BCUT2D eigenvalue weighted by molar-refractivity contribution is 7.21. The van der Waals surface area contributed by atoms with E-state index in [1.807, 2.05) is 54.3 Å². The van der Waals surface area contributed by atoms with Gasteiger partial charge in [-0.3, -0.25) is 14.4 Å². The van der Waals surface area contributed by atoms with Crippen LogP contribution in [0.3, 0.4) is 0 Å². The molecule has 3 aromatic carbocycles. The van der Waals surface area contributed by atoms with Crippen molar-refractivity contribution in [1.82, 2.24) is 10.2 Å². The number of nitrogens with one attached hydrogen (secondary N) is 1. The molecule has 3 aliphatic rings.